The van der Waals surface area contributed by atoms with E-state index in [1.807, 2.05) is 0 Å². The Hall–Kier alpha value is -6.52. The van der Waals surface area contributed by atoms with Gasteiger partial charge in [-0.25, -0.2) is 19.9 Å². The van der Waals surface area contributed by atoms with E-state index in [4.69, 9.17) is 19.9 Å². The van der Waals surface area contributed by atoms with Crippen molar-refractivity contribution >= 4 is 0 Å². The fourth-order valence-corrected chi connectivity index (χ4v) is 13.8. The highest BCUT2D eigenvalue weighted by Gasteiger charge is 2.70. The Morgan fingerprint density at radius 1 is 0.274 bits per heavy atom. The second-order valence-electron chi connectivity index (χ2n) is 19.3. The van der Waals surface area contributed by atoms with Gasteiger partial charge in [0.05, 0.1) is 22.8 Å². The van der Waals surface area contributed by atoms with Crippen LogP contribution < -0.4 is 0 Å². The SMILES string of the molecule is c1ccc(-c2cc(-c3ccccc3)nc(-c3ccc(C45CC6C7CC8(c9ccc(-c%10nc(-c%11ccccc%11)cc(-c%11ccccc%11)n%10)cc9)CC6C(C4)C(C8)C7C5)cc3)n2)cc1. The van der Waals surface area contributed by atoms with Crippen LogP contribution in [0.3, 0.4) is 0 Å². The van der Waals surface area contributed by atoms with Crippen molar-refractivity contribution in [1.82, 2.24) is 19.9 Å². The summed E-state index contributed by atoms with van der Waals surface area (Å²) in [7, 11) is 0. The molecule has 6 aromatic carbocycles. The molecule has 7 aliphatic carbocycles. The third kappa shape index (κ3) is 5.79. The highest BCUT2D eigenvalue weighted by Crippen LogP contribution is 2.77. The monoisotopic (exact) mass is 800 g/mol. The van der Waals surface area contributed by atoms with E-state index in [0.29, 0.717) is 10.8 Å². The van der Waals surface area contributed by atoms with Gasteiger partial charge >= 0.3 is 0 Å². The molecule has 2 heterocycles. The third-order valence-electron chi connectivity index (χ3n) is 16.3. The first-order valence-corrected chi connectivity index (χ1v) is 22.8. The maximum atomic E-state index is 5.14. The molecule has 0 N–H and O–H groups in total. The van der Waals surface area contributed by atoms with Gasteiger partial charge in [0.15, 0.2) is 11.6 Å². The normalized spacial score (nSPS) is 27.4. The molecule has 8 bridgehead atoms. The second kappa shape index (κ2) is 14.0. The van der Waals surface area contributed by atoms with E-state index in [-0.39, 0.29) is 0 Å². The van der Waals surface area contributed by atoms with Gasteiger partial charge < -0.3 is 0 Å². The van der Waals surface area contributed by atoms with Gasteiger partial charge in [0.25, 0.3) is 0 Å². The molecule has 0 aliphatic heterocycles. The number of nitrogens with zero attached hydrogens (tertiary/aromatic N) is 4. The summed E-state index contributed by atoms with van der Waals surface area (Å²) >= 11 is 0. The highest BCUT2D eigenvalue weighted by molar-refractivity contribution is 5.73. The standard InChI is InChI=1S/C58H48N4/c1-5-13-37(14-6-1)51-29-52(38-15-7-2-8-16-38)60-55(59-51)41-21-25-43(26-22-41)57-31-45-48-34-58(35-49(45)47(33-57)50(36-58)46(48)32-57)44-27-23-42(24-28-44)56-61-53(39-17-9-3-10-18-39)30-54(62-56)40-19-11-4-12-20-40/h1-30,45-50H,31-36H2. The van der Waals surface area contributed by atoms with E-state index in [9.17, 15) is 0 Å². The largest absolute Gasteiger partial charge is 0.228 e. The number of benzene rings is 6. The van der Waals surface area contributed by atoms with Crippen LogP contribution in [0.25, 0.3) is 67.8 Å². The Labute approximate surface area is 364 Å². The maximum Gasteiger partial charge on any atom is 0.160 e. The van der Waals surface area contributed by atoms with Crippen molar-refractivity contribution in [2.24, 2.45) is 35.5 Å². The molecule has 7 saturated carbocycles. The molecule has 0 unspecified atom stereocenters. The van der Waals surface area contributed by atoms with Crippen LogP contribution in [0.5, 0.6) is 0 Å². The van der Waals surface area contributed by atoms with Crippen molar-refractivity contribution in [3.63, 3.8) is 0 Å². The predicted octanol–water partition coefficient (Wildman–Crippen LogP) is 13.6. The molecule has 4 nitrogen and oxygen atoms in total. The van der Waals surface area contributed by atoms with E-state index in [2.05, 4.69) is 182 Å². The van der Waals surface area contributed by atoms with E-state index in [1.54, 1.807) is 11.1 Å². The van der Waals surface area contributed by atoms with Gasteiger partial charge in [-0.3, -0.25) is 0 Å². The summed E-state index contributed by atoms with van der Waals surface area (Å²) in [5.41, 5.74) is 14.2. The minimum Gasteiger partial charge on any atom is -0.228 e. The molecule has 15 rings (SSSR count). The summed E-state index contributed by atoms with van der Waals surface area (Å²) in [4.78, 5) is 20.6. The number of hydrogen-bond donors (Lipinski definition) is 0. The van der Waals surface area contributed by atoms with Crippen molar-refractivity contribution in [2.45, 2.75) is 49.4 Å². The molecule has 300 valence electrons. The zero-order valence-corrected chi connectivity index (χ0v) is 34.8. The molecule has 0 saturated heterocycles. The maximum absolute atomic E-state index is 5.14. The van der Waals surface area contributed by atoms with Gasteiger partial charge in [0.1, 0.15) is 0 Å². The lowest BCUT2D eigenvalue weighted by Crippen LogP contribution is -2.69. The van der Waals surface area contributed by atoms with Crippen molar-refractivity contribution in [3.8, 4) is 67.8 Å². The number of hydrogen-bond acceptors (Lipinski definition) is 4. The zero-order chi connectivity index (χ0) is 40.8. The quantitative estimate of drug-likeness (QED) is 0.154. The molecular weight excluding hydrogens is 753 g/mol. The Morgan fingerprint density at radius 3 is 0.758 bits per heavy atom. The van der Waals surface area contributed by atoms with Gasteiger partial charge in [-0.05, 0) is 108 Å². The summed E-state index contributed by atoms with van der Waals surface area (Å²) in [6.45, 7) is 0. The Balaban J connectivity index is 0.770. The molecular formula is C58H48N4. The molecule has 0 atom stereocenters. The van der Waals surface area contributed by atoms with Crippen LogP contribution in [-0.2, 0) is 10.8 Å². The van der Waals surface area contributed by atoms with Gasteiger partial charge in [-0.1, -0.05) is 170 Å². The number of aromatic nitrogens is 4. The van der Waals surface area contributed by atoms with Gasteiger partial charge in [0.2, 0.25) is 0 Å². The molecule has 7 aliphatic rings. The minimum atomic E-state index is 0.301. The fraction of sp³-hybridized carbons (Fsp3) is 0.241. The molecule has 0 amide bonds. The average Bonchev–Trinajstić information content (AvgIpc) is 3.36. The molecule has 7 fully saturated rings. The molecule has 8 aromatic rings. The Kier molecular flexibility index (Phi) is 8.17. The summed E-state index contributed by atoms with van der Waals surface area (Å²) in [5.74, 6) is 6.67. The van der Waals surface area contributed by atoms with Crippen LogP contribution in [0.4, 0.5) is 0 Å². The first-order chi connectivity index (χ1) is 30.6. The van der Waals surface area contributed by atoms with Crippen LogP contribution >= 0.6 is 0 Å². The van der Waals surface area contributed by atoms with Crippen molar-refractivity contribution in [3.05, 3.63) is 193 Å². The number of rotatable bonds is 8. The Morgan fingerprint density at radius 2 is 0.516 bits per heavy atom. The van der Waals surface area contributed by atoms with E-state index in [0.717, 1.165) is 103 Å². The lowest BCUT2D eigenvalue weighted by Gasteiger charge is -2.75. The molecule has 62 heavy (non-hydrogen) atoms. The van der Waals surface area contributed by atoms with E-state index < -0.39 is 0 Å². The zero-order valence-electron chi connectivity index (χ0n) is 34.8. The van der Waals surface area contributed by atoms with Crippen molar-refractivity contribution in [2.75, 3.05) is 0 Å². The summed E-state index contributed by atoms with van der Waals surface area (Å²) in [5, 5.41) is 0. The van der Waals surface area contributed by atoms with Crippen molar-refractivity contribution in [1.29, 1.82) is 0 Å². The van der Waals surface area contributed by atoms with Crippen molar-refractivity contribution < 1.29 is 0 Å². The Bertz CT molecular complexity index is 2550. The third-order valence-corrected chi connectivity index (χ3v) is 16.3. The topological polar surface area (TPSA) is 51.6 Å². The van der Waals surface area contributed by atoms with Crippen LogP contribution in [0.15, 0.2) is 182 Å². The minimum absolute atomic E-state index is 0.301. The van der Waals surface area contributed by atoms with Crippen LogP contribution in [-0.4, -0.2) is 19.9 Å². The van der Waals surface area contributed by atoms with Gasteiger partial charge in [-0.15, -0.1) is 0 Å². The van der Waals surface area contributed by atoms with E-state index in [1.165, 1.54) is 38.5 Å². The second-order valence-corrected chi connectivity index (χ2v) is 19.3. The summed E-state index contributed by atoms with van der Waals surface area (Å²) in [6.07, 6.45) is 8.13. The summed E-state index contributed by atoms with van der Waals surface area (Å²) in [6, 6.07) is 65.3. The lowest BCUT2D eigenvalue weighted by atomic mass is 9.29. The highest BCUT2D eigenvalue weighted by atomic mass is 14.9. The molecule has 0 spiro atoms. The first kappa shape index (κ1) is 36.2. The summed E-state index contributed by atoms with van der Waals surface area (Å²) < 4.78 is 0. The molecule has 4 heteroatoms. The van der Waals surface area contributed by atoms with Crippen LogP contribution in [0.2, 0.25) is 0 Å². The van der Waals surface area contributed by atoms with Crippen LogP contribution in [0, 0.1) is 35.5 Å². The smallest absolute Gasteiger partial charge is 0.160 e. The van der Waals surface area contributed by atoms with Crippen LogP contribution in [0.1, 0.15) is 49.7 Å². The van der Waals surface area contributed by atoms with Gasteiger partial charge in [-0.2, -0.15) is 0 Å². The fourth-order valence-electron chi connectivity index (χ4n) is 13.8. The lowest BCUT2D eigenvalue weighted by molar-refractivity contribution is -0.221. The van der Waals surface area contributed by atoms with Gasteiger partial charge in [0, 0.05) is 33.4 Å². The molecule has 2 aromatic heterocycles. The average molecular weight is 801 g/mol. The first-order valence-electron chi connectivity index (χ1n) is 22.8. The predicted molar refractivity (Wildman–Crippen MR) is 249 cm³/mol. The van der Waals surface area contributed by atoms with E-state index >= 15 is 0 Å². The molecule has 0 radical (unpaired) electrons.